The zero-order chi connectivity index (χ0) is 12.3. The maximum absolute atomic E-state index is 4.20. The van der Waals surface area contributed by atoms with Gasteiger partial charge in [-0.1, -0.05) is 12.1 Å². The van der Waals surface area contributed by atoms with Crippen molar-refractivity contribution in [2.75, 3.05) is 0 Å². The van der Waals surface area contributed by atoms with Crippen LogP contribution < -0.4 is 5.32 Å². The number of nitrogens with one attached hydrogen (secondary N) is 1. The molecule has 1 aromatic carbocycles. The number of benzene rings is 1. The molecule has 0 bridgehead atoms. The number of hydrogen-bond acceptors (Lipinski definition) is 2. The lowest BCUT2D eigenvalue weighted by Crippen LogP contribution is -2.35. The number of aromatic nitrogens is 2. The lowest BCUT2D eigenvalue weighted by atomic mass is 10.1. The van der Waals surface area contributed by atoms with Crippen LogP contribution in [0.25, 0.3) is 5.69 Å². The van der Waals surface area contributed by atoms with E-state index in [2.05, 4.69) is 55.5 Å². The Morgan fingerprint density at radius 1 is 1.18 bits per heavy atom. The Balaban J connectivity index is 2.04. The highest BCUT2D eigenvalue weighted by Crippen LogP contribution is 2.09. The standard InChI is InChI=1S/C14H19N3/c1-14(2,3)15-11-12-5-7-13(8-6-12)17-10-4-9-16-17/h4-10,15H,11H2,1-3H3. The number of rotatable bonds is 3. The van der Waals surface area contributed by atoms with Gasteiger partial charge in [0.2, 0.25) is 0 Å². The van der Waals surface area contributed by atoms with Crippen molar-refractivity contribution >= 4 is 0 Å². The highest BCUT2D eigenvalue weighted by atomic mass is 15.3. The molecular weight excluding hydrogens is 210 g/mol. The van der Waals surface area contributed by atoms with Crippen LogP contribution in [0, 0.1) is 0 Å². The molecule has 1 aromatic heterocycles. The van der Waals surface area contributed by atoms with Crippen LogP contribution in [0.4, 0.5) is 0 Å². The minimum Gasteiger partial charge on any atom is -0.308 e. The smallest absolute Gasteiger partial charge is 0.0645 e. The molecule has 3 heteroatoms. The maximum Gasteiger partial charge on any atom is 0.0645 e. The van der Waals surface area contributed by atoms with Gasteiger partial charge in [0.15, 0.2) is 0 Å². The molecule has 0 spiro atoms. The van der Waals surface area contributed by atoms with E-state index in [9.17, 15) is 0 Å². The van der Waals surface area contributed by atoms with Gasteiger partial charge in [-0.3, -0.25) is 0 Å². The molecule has 1 N–H and O–H groups in total. The predicted octanol–water partition coefficient (Wildman–Crippen LogP) is 2.76. The van der Waals surface area contributed by atoms with Crippen molar-refractivity contribution in [2.45, 2.75) is 32.9 Å². The Bertz CT molecular complexity index is 449. The molecule has 3 nitrogen and oxygen atoms in total. The summed E-state index contributed by atoms with van der Waals surface area (Å²) in [6.07, 6.45) is 3.73. The second kappa shape index (κ2) is 4.72. The molecule has 0 aliphatic heterocycles. The molecule has 1 heterocycles. The summed E-state index contributed by atoms with van der Waals surface area (Å²) in [5, 5.41) is 7.67. The molecule has 0 saturated carbocycles. The molecule has 0 unspecified atom stereocenters. The van der Waals surface area contributed by atoms with Crippen LogP contribution >= 0.6 is 0 Å². The second-order valence-electron chi connectivity index (χ2n) is 5.22. The summed E-state index contributed by atoms with van der Waals surface area (Å²) in [5.74, 6) is 0. The SMILES string of the molecule is CC(C)(C)NCc1ccc(-n2cccn2)cc1. The van der Waals surface area contributed by atoms with Gasteiger partial charge < -0.3 is 5.32 Å². The Morgan fingerprint density at radius 2 is 1.88 bits per heavy atom. The first-order valence-electron chi connectivity index (χ1n) is 5.89. The zero-order valence-electron chi connectivity index (χ0n) is 10.6. The summed E-state index contributed by atoms with van der Waals surface area (Å²) in [6, 6.07) is 10.4. The molecule has 0 fully saturated rings. The summed E-state index contributed by atoms with van der Waals surface area (Å²) in [6.45, 7) is 7.41. The minimum absolute atomic E-state index is 0.153. The van der Waals surface area contributed by atoms with Crippen molar-refractivity contribution in [3.05, 3.63) is 48.3 Å². The van der Waals surface area contributed by atoms with Gasteiger partial charge in [0.1, 0.15) is 0 Å². The molecule has 0 atom stereocenters. The van der Waals surface area contributed by atoms with Crippen LogP contribution in [-0.4, -0.2) is 15.3 Å². The third kappa shape index (κ3) is 3.43. The topological polar surface area (TPSA) is 29.9 Å². The van der Waals surface area contributed by atoms with Gasteiger partial charge in [0.25, 0.3) is 0 Å². The Labute approximate surface area is 102 Å². The van der Waals surface area contributed by atoms with Crippen molar-refractivity contribution in [3.63, 3.8) is 0 Å². The Morgan fingerprint density at radius 3 is 2.41 bits per heavy atom. The summed E-state index contributed by atoms with van der Waals surface area (Å²) in [4.78, 5) is 0. The van der Waals surface area contributed by atoms with Crippen LogP contribution in [0.1, 0.15) is 26.3 Å². The molecule has 0 aliphatic rings. The fourth-order valence-corrected chi connectivity index (χ4v) is 1.56. The number of nitrogens with zero attached hydrogens (tertiary/aromatic N) is 2. The summed E-state index contributed by atoms with van der Waals surface area (Å²) >= 11 is 0. The van der Waals surface area contributed by atoms with Crippen molar-refractivity contribution in [1.82, 2.24) is 15.1 Å². The fourth-order valence-electron chi connectivity index (χ4n) is 1.56. The van der Waals surface area contributed by atoms with Crippen LogP contribution in [0.2, 0.25) is 0 Å². The van der Waals surface area contributed by atoms with E-state index < -0.39 is 0 Å². The van der Waals surface area contributed by atoms with Crippen LogP contribution in [0.5, 0.6) is 0 Å². The first-order valence-corrected chi connectivity index (χ1v) is 5.89. The molecule has 2 aromatic rings. The molecule has 2 rings (SSSR count). The van der Waals surface area contributed by atoms with E-state index >= 15 is 0 Å². The summed E-state index contributed by atoms with van der Waals surface area (Å²) in [5.41, 5.74) is 2.53. The first kappa shape index (κ1) is 11.9. The Hall–Kier alpha value is -1.61. The van der Waals surface area contributed by atoms with Gasteiger partial charge in [-0.15, -0.1) is 0 Å². The molecule has 0 radical (unpaired) electrons. The van der Waals surface area contributed by atoms with Crippen molar-refractivity contribution in [2.24, 2.45) is 0 Å². The summed E-state index contributed by atoms with van der Waals surface area (Å²) in [7, 11) is 0. The van der Waals surface area contributed by atoms with Crippen LogP contribution in [0.3, 0.4) is 0 Å². The van der Waals surface area contributed by atoms with Crippen LogP contribution in [0.15, 0.2) is 42.7 Å². The molecule has 0 saturated heterocycles. The van der Waals surface area contributed by atoms with E-state index in [4.69, 9.17) is 0 Å². The van der Waals surface area contributed by atoms with Gasteiger partial charge in [-0.05, 0) is 44.5 Å². The molecule has 0 aliphatic carbocycles. The molecule has 0 amide bonds. The minimum atomic E-state index is 0.153. The normalized spacial score (nSPS) is 11.7. The zero-order valence-corrected chi connectivity index (χ0v) is 10.6. The molecule has 17 heavy (non-hydrogen) atoms. The highest BCUT2D eigenvalue weighted by Gasteiger charge is 2.08. The molecule has 90 valence electrons. The van der Waals surface area contributed by atoms with Crippen molar-refractivity contribution in [3.8, 4) is 5.69 Å². The highest BCUT2D eigenvalue weighted by molar-refractivity contribution is 5.33. The van der Waals surface area contributed by atoms with Gasteiger partial charge >= 0.3 is 0 Å². The van der Waals surface area contributed by atoms with E-state index in [1.807, 2.05) is 16.9 Å². The van der Waals surface area contributed by atoms with Gasteiger partial charge in [-0.25, -0.2) is 4.68 Å². The van der Waals surface area contributed by atoms with Gasteiger partial charge in [0, 0.05) is 24.5 Å². The average Bonchev–Trinajstić information content (AvgIpc) is 2.79. The maximum atomic E-state index is 4.20. The lowest BCUT2D eigenvalue weighted by molar-refractivity contribution is 0.424. The monoisotopic (exact) mass is 229 g/mol. The van der Waals surface area contributed by atoms with Crippen molar-refractivity contribution < 1.29 is 0 Å². The van der Waals surface area contributed by atoms with Gasteiger partial charge in [0.05, 0.1) is 5.69 Å². The largest absolute Gasteiger partial charge is 0.308 e. The third-order valence-electron chi connectivity index (χ3n) is 2.53. The predicted molar refractivity (Wildman–Crippen MR) is 70.2 cm³/mol. The Kier molecular flexibility index (Phi) is 3.29. The van der Waals surface area contributed by atoms with Crippen LogP contribution in [-0.2, 0) is 6.54 Å². The third-order valence-corrected chi connectivity index (χ3v) is 2.53. The molecular formula is C14H19N3. The van der Waals surface area contributed by atoms with Crippen molar-refractivity contribution in [1.29, 1.82) is 0 Å². The summed E-state index contributed by atoms with van der Waals surface area (Å²) < 4.78 is 1.86. The van der Waals surface area contributed by atoms with E-state index in [0.29, 0.717) is 0 Å². The van der Waals surface area contributed by atoms with E-state index in [1.54, 1.807) is 6.20 Å². The van der Waals surface area contributed by atoms with Gasteiger partial charge in [-0.2, -0.15) is 5.10 Å². The van der Waals surface area contributed by atoms with E-state index in [1.165, 1.54) is 5.56 Å². The fraction of sp³-hybridized carbons (Fsp3) is 0.357. The second-order valence-corrected chi connectivity index (χ2v) is 5.22. The average molecular weight is 229 g/mol. The van der Waals surface area contributed by atoms with E-state index in [-0.39, 0.29) is 5.54 Å². The first-order chi connectivity index (χ1) is 8.04. The quantitative estimate of drug-likeness (QED) is 0.877. The van der Waals surface area contributed by atoms with E-state index in [0.717, 1.165) is 12.2 Å². The lowest BCUT2D eigenvalue weighted by Gasteiger charge is -2.20. The number of hydrogen-bond donors (Lipinski definition) is 1.